The molecule has 0 unspecified atom stereocenters. The second kappa shape index (κ2) is 3.65. The van der Waals surface area contributed by atoms with Crippen molar-refractivity contribution in [3.8, 4) is 0 Å². The topological polar surface area (TPSA) is 17.1 Å². The van der Waals surface area contributed by atoms with Crippen molar-refractivity contribution in [2.24, 2.45) is 0 Å². The third kappa shape index (κ3) is 2.69. The van der Waals surface area contributed by atoms with E-state index < -0.39 is 16.7 Å². The van der Waals surface area contributed by atoms with Gasteiger partial charge in [0.25, 0.3) is 0 Å². The molecule has 0 aliphatic rings. The molecule has 0 aromatic rings. The average molecular weight is 181 g/mol. The van der Waals surface area contributed by atoms with Crippen molar-refractivity contribution in [3.63, 3.8) is 0 Å². The molecule has 0 saturated heterocycles. The van der Waals surface area contributed by atoms with Crippen molar-refractivity contribution in [1.82, 2.24) is 0 Å². The Morgan fingerprint density at radius 1 is 1.33 bits per heavy atom. The van der Waals surface area contributed by atoms with Crippen molar-refractivity contribution in [2.75, 3.05) is 0 Å². The first kappa shape index (κ1) is 6.46. The summed E-state index contributed by atoms with van der Waals surface area (Å²) in [5.41, 5.74) is 0. The van der Waals surface area contributed by atoms with Crippen molar-refractivity contribution >= 4 is 0 Å². The summed E-state index contributed by atoms with van der Waals surface area (Å²) in [5.74, 6) is 0. The van der Waals surface area contributed by atoms with Gasteiger partial charge in [-0.05, 0) is 0 Å². The summed E-state index contributed by atoms with van der Waals surface area (Å²) >= 11 is -1.24. The maximum absolute atomic E-state index is 10.4. The quantitative estimate of drug-likeness (QED) is 0.593. The Kier molecular flexibility index (Phi) is 3.93. The van der Waals surface area contributed by atoms with Gasteiger partial charge >= 0.3 is 43.8 Å². The zero-order valence-electron chi connectivity index (χ0n) is 4.14. The van der Waals surface area contributed by atoms with Crippen LogP contribution in [0.4, 0.5) is 0 Å². The van der Waals surface area contributed by atoms with Crippen LogP contribution in [0, 0.1) is 0 Å². The second-order valence-electron chi connectivity index (χ2n) is 0.788. The van der Waals surface area contributed by atoms with Crippen LogP contribution in [-0.2, 0) is 20.2 Å². The van der Waals surface area contributed by atoms with Gasteiger partial charge in [0.15, 0.2) is 0 Å². The van der Waals surface area contributed by atoms with E-state index in [-0.39, 0.29) is 0 Å². The Morgan fingerprint density at radius 2 is 1.67 bits per heavy atom. The molecule has 0 aliphatic carbocycles. The molecule has 0 aromatic carbocycles. The third-order valence-electron chi connectivity index (χ3n) is 0.499. The molecule has 0 heterocycles. The van der Waals surface area contributed by atoms with Crippen LogP contribution in [0.1, 0.15) is 13.8 Å². The zero-order valence-corrected chi connectivity index (χ0v) is 5.69. The van der Waals surface area contributed by atoms with Crippen LogP contribution in [-0.4, -0.2) is 0 Å². The second-order valence-corrected chi connectivity index (χ2v) is 4.66. The van der Waals surface area contributed by atoms with Crippen LogP contribution in [0.3, 0.4) is 0 Å². The van der Waals surface area contributed by atoms with Crippen molar-refractivity contribution < 1.29 is 20.2 Å². The third-order valence-corrected chi connectivity index (χ3v) is 2.95. The van der Waals surface area contributed by atoms with E-state index in [1.54, 1.807) is 0 Å². The molecule has 0 N–H and O–H groups in total. The molecule has 0 fully saturated rings. The molecule has 0 atom stereocenters. The molecule has 6 heavy (non-hydrogen) atoms. The minimum absolute atomic E-state index is 0.891. The Bertz CT molecular complexity index is 45.5. The van der Waals surface area contributed by atoms with E-state index in [2.05, 4.69) is 0 Å². The van der Waals surface area contributed by atoms with Crippen LogP contribution < -0.4 is 0 Å². The standard InChI is InChI=1S/2C2H5.O.Pd/c2*1-2;;/h2*1H2,2H3;;. The van der Waals surface area contributed by atoms with Crippen LogP contribution in [0.2, 0.25) is 9.79 Å². The van der Waals surface area contributed by atoms with E-state index in [1.165, 1.54) is 0 Å². The molecule has 0 saturated carbocycles. The van der Waals surface area contributed by atoms with Gasteiger partial charge in [0.2, 0.25) is 0 Å². The Balaban J connectivity index is 2.99. The summed E-state index contributed by atoms with van der Waals surface area (Å²) in [4.78, 5) is 1.78. The van der Waals surface area contributed by atoms with E-state index in [0.717, 1.165) is 9.79 Å². The molecule has 0 aliphatic heterocycles. The van der Waals surface area contributed by atoms with Gasteiger partial charge in [-0.3, -0.25) is 0 Å². The van der Waals surface area contributed by atoms with E-state index >= 15 is 0 Å². The summed E-state index contributed by atoms with van der Waals surface area (Å²) in [6, 6.07) is 0. The molecule has 0 spiro atoms. The van der Waals surface area contributed by atoms with E-state index in [4.69, 9.17) is 0 Å². The summed E-state index contributed by atoms with van der Waals surface area (Å²) in [6.45, 7) is 3.94. The Hall–Kier alpha value is 0.462. The summed E-state index contributed by atoms with van der Waals surface area (Å²) in [5, 5.41) is 0. The van der Waals surface area contributed by atoms with E-state index in [9.17, 15) is 3.47 Å². The summed E-state index contributed by atoms with van der Waals surface area (Å²) in [7, 11) is 0. The van der Waals surface area contributed by atoms with Crippen LogP contribution in [0.15, 0.2) is 0 Å². The zero-order chi connectivity index (χ0) is 4.99. The molecule has 0 amide bonds. The normalized spacial score (nSPS) is 11.3. The Labute approximate surface area is 44.3 Å². The van der Waals surface area contributed by atoms with E-state index in [0.29, 0.717) is 0 Å². The number of rotatable bonds is 2. The molecular weight excluding hydrogens is 170 g/mol. The SMILES string of the molecule is C[CH2][Pd](=[O])[CH2]C. The van der Waals surface area contributed by atoms with Crippen molar-refractivity contribution in [3.05, 3.63) is 0 Å². The predicted molar refractivity (Wildman–Crippen MR) is 21.6 cm³/mol. The van der Waals surface area contributed by atoms with Gasteiger partial charge < -0.3 is 0 Å². The van der Waals surface area contributed by atoms with Gasteiger partial charge in [-0.1, -0.05) is 0 Å². The maximum atomic E-state index is 10.4. The summed E-state index contributed by atoms with van der Waals surface area (Å²) in [6.07, 6.45) is 0. The van der Waals surface area contributed by atoms with Gasteiger partial charge in [0, 0.05) is 0 Å². The molecule has 0 bridgehead atoms. The molecule has 0 rings (SSSR count). The fraction of sp³-hybridized carbons (Fsp3) is 1.00. The molecule has 0 radical (unpaired) electrons. The van der Waals surface area contributed by atoms with Crippen molar-refractivity contribution in [2.45, 2.75) is 23.6 Å². The molecule has 0 aromatic heterocycles. The van der Waals surface area contributed by atoms with Gasteiger partial charge in [0.1, 0.15) is 0 Å². The predicted octanol–water partition coefficient (Wildman–Crippen LogP) is 1.83. The minimum atomic E-state index is -1.24. The van der Waals surface area contributed by atoms with Gasteiger partial charge in [0.05, 0.1) is 0 Å². The average Bonchev–Trinajstić information content (AvgIpc) is 1.65. The van der Waals surface area contributed by atoms with E-state index in [1.807, 2.05) is 13.8 Å². The fourth-order valence-electron chi connectivity index (χ4n) is 0.158. The van der Waals surface area contributed by atoms with Crippen LogP contribution in [0.25, 0.3) is 0 Å². The molecular formula is C4H10OPd. The van der Waals surface area contributed by atoms with Gasteiger partial charge in [-0.25, -0.2) is 0 Å². The fourth-order valence-corrected chi connectivity index (χ4v) is 0.935. The first-order valence-corrected chi connectivity index (χ1v) is 4.82. The Morgan fingerprint density at radius 3 is 1.67 bits per heavy atom. The van der Waals surface area contributed by atoms with Crippen LogP contribution in [0.5, 0.6) is 0 Å². The van der Waals surface area contributed by atoms with Gasteiger partial charge in [-0.2, -0.15) is 0 Å². The summed E-state index contributed by atoms with van der Waals surface area (Å²) < 4.78 is 10.4. The molecule has 42 valence electrons. The molecule has 2 heteroatoms. The van der Waals surface area contributed by atoms with Gasteiger partial charge in [-0.15, -0.1) is 0 Å². The first-order valence-electron chi connectivity index (χ1n) is 1.99. The molecule has 1 nitrogen and oxygen atoms in total. The van der Waals surface area contributed by atoms with Crippen LogP contribution >= 0.6 is 0 Å². The van der Waals surface area contributed by atoms with Crippen molar-refractivity contribution in [1.29, 1.82) is 0 Å². The first-order chi connectivity index (χ1) is 2.81. The monoisotopic (exact) mass is 180 g/mol. The number of hydrogen-bond acceptors (Lipinski definition) is 1. The number of hydrogen-bond donors (Lipinski definition) is 0.